The Morgan fingerprint density at radius 3 is 2.24 bits per heavy atom. The standard InChI is InChI=1S/C30H29N3O3S2/c1-34-28-13-3-22(19-29(28)35-2)21-32-15-17-33(18-16-32)24-6-8-25(9-7-24)36-38-26-10-4-23(5-11-26)30-14-12-27(20-31)37-30/h3-14,19H,15-18,21H2,1-2H3. The third kappa shape index (κ3) is 6.25. The molecule has 1 fully saturated rings. The monoisotopic (exact) mass is 543 g/mol. The molecular formula is C30H29N3O3S2. The van der Waals surface area contributed by atoms with E-state index in [2.05, 4.69) is 52.3 Å². The molecule has 0 spiro atoms. The number of nitriles is 1. The molecule has 1 aliphatic rings. The number of hydrogen-bond acceptors (Lipinski definition) is 8. The third-order valence-electron chi connectivity index (χ3n) is 6.52. The topological polar surface area (TPSA) is 58.0 Å². The molecule has 0 saturated carbocycles. The van der Waals surface area contributed by atoms with Crippen LogP contribution in [0.25, 0.3) is 10.4 Å². The number of piperazine rings is 1. The summed E-state index contributed by atoms with van der Waals surface area (Å²) in [4.78, 5) is 7.74. The van der Waals surface area contributed by atoms with Gasteiger partial charge in [-0.15, -0.1) is 11.3 Å². The zero-order valence-corrected chi connectivity index (χ0v) is 23.1. The summed E-state index contributed by atoms with van der Waals surface area (Å²) in [5.41, 5.74) is 3.54. The number of methoxy groups -OCH3 is 2. The van der Waals surface area contributed by atoms with E-state index in [1.807, 2.05) is 42.5 Å². The fourth-order valence-electron chi connectivity index (χ4n) is 4.44. The van der Waals surface area contributed by atoms with E-state index >= 15 is 0 Å². The average Bonchev–Trinajstić information content (AvgIpc) is 3.46. The number of benzene rings is 3. The van der Waals surface area contributed by atoms with E-state index in [1.54, 1.807) is 14.2 Å². The quantitative estimate of drug-likeness (QED) is 0.217. The molecule has 5 rings (SSSR count). The van der Waals surface area contributed by atoms with Gasteiger partial charge in [0, 0.05) is 48.2 Å². The number of hydrogen-bond donors (Lipinski definition) is 0. The van der Waals surface area contributed by atoms with Gasteiger partial charge in [0.15, 0.2) is 11.5 Å². The van der Waals surface area contributed by atoms with Gasteiger partial charge in [0.1, 0.15) is 16.7 Å². The van der Waals surface area contributed by atoms with Crippen molar-refractivity contribution in [3.05, 3.63) is 89.3 Å². The Kier molecular flexibility index (Phi) is 8.39. The van der Waals surface area contributed by atoms with E-state index in [-0.39, 0.29) is 0 Å². The van der Waals surface area contributed by atoms with Gasteiger partial charge in [0.25, 0.3) is 0 Å². The molecule has 6 nitrogen and oxygen atoms in total. The van der Waals surface area contributed by atoms with Crippen LogP contribution in [-0.2, 0) is 6.54 Å². The lowest BCUT2D eigenvalue weighted by atomic mass is 10.1. The van der Waals surface area contributed by atoms with Gasteiger partial charge in [-0.2, -0.15) is 5.26 Å². The largest absolute Gasteiger partial charge is 0.493 e. The fraction of sp³-hybridized carbons (Fsp3) is 0.233. The van der Waals surface area contributed by atoms with Crippen LogP contribution < -0.4 is 18.6 Å². The van der Waals surface area contributed by atoms with Gasteiger partial charge in [-0.05, 0) is 71.8 Å². The van der Waals surface area contributed by atoms with Gasteiger partial charge in [0.2, 0.25) is 0 Å². The van der Waals surface area contributed by atoms with Gasteiger partial charge in [-0.1, -0.05) is 18.2 Å². The maximum Gasteiger partial charge on any atom is 0.161 e. The summed E-state index contributed by atoms with van der Waals surface area (Å²) in [6.07, 6.45) is 0. The summed E-state index contributed by atoms with van der Waals surface area (Å²) in [5, 5.41) is 9.03. The molecule has 2 heterocycles. The van der Waals surface area contributed by atoms with Crippen molar-refractivity contribution in [2.75, 3.05) is 45.3 Å². The summed E-state index contributed by atoms with van der Waals surface area (Å²) < 4.78 is 16.7. The molecular weight excluding hydrogens is 514 g/mol. The second kappa shape index (κ2) is 12.3. The second-order valence-electron chi connectivity index (χ2n) is 8.91. The highest BCUT2D eigenvalue weighted by atomic mass is 32.2. The molecule has 194 valence electrons. The molecule has 0 N–H and O–H groups in total. The average molecular weight is 544 g/mol. The summed E-state index contributed by atoms with van der Waals surface area (Å²) in [6, 6.07) is 28.7. The van der Waals surface area contributed by atoms with Gasteiger partial charge in [-0.25, -0.2) is 0 Å². The van der Waals surface area contributed by atoms with Gasteiger partial charge >= 0.3 is 0 Å². The van der Waals surface area contributed by atoms with E-state index in [9.17, 15) is 0 Å². The number of thiophene rings is 1. The lowest BCUT2D eigenvalue weighted by Crippen LogP contribution is -2.45. The predicted octanol–water partition coefficient (Wildman–Crippen LogP) is 6.71. The fourth-order valence-corrected chi connectivity index (χ4v) is 5.80. The van der Waals surface area contributed by atoms with Crippen LogP contribution in [0.2, 0.25) is 0 Å². The van der Waals surface area contributed by atoms with Crippen molar-refractivity contribution in [1.82, 2.24) is 4.90 Å². The molecule has 1 saturated heterocycles. The van der Waals surface area contributed by atoms with E-state index in [1.165, 1.54) is 34.6 Å². The van der Waals surface area contributed by atoms with Crippen LogP contribution in [0, 0.1) is 11.3 Å². The summed E-state index contributed by atoms with van der Waals surface area (Å²) in [7, 11) is 3.33. The number of nitrogens with zero attached hydrogens (tertiary/aromatic N) is 3. The lowest BCUT2D eigenvalue weighted by molar-refractivity contribution is 0.249. The summed E-state index contributed by atoms with van der Waals surface area (Å²) in [6.45, 7) is 4.86. The molecule has 3 aromatic carbocycles. The Bertz CT molecular complexity index is 1390. The molecule has 38 heavy (non-hydrogen) atoms. The minimum absolute atomic E-state index is 0.724. The van der Waals surface area contributed by atoms with Crippen molar-refractivity contribution >= 4 is 29.1 Å². The minimum Gasteiger partial charge on any atom is -0.493 e. The molecule has 0 aliphatic carbocycles. The van der Waals surface area contributed by atoms with Crippen molar-refractivity contribution in [2.45, 2.75) is 11.4 Å². The van der Waals surface area contributed by atoms with Gasteiger partial charge < -0.3 is 18.6 Å². The molecule has 0 atom stereocenters. The summed E-state index contributed by atoms with van der Waals surface area (Å²) >= 11 is 2.85. The lowest BCUT2D eigenvalue weighted by Gasteiger charge is -2.36. The number of ether oxygens (including phenoxy) is 2. The second-order valence-corrected chi connectivity index (χ2v) is 10.8. The van der Waals surface area contributed by atoms with E-state index < -0.39 is 0 Å². The zero-order chi connectivity index (χ0) is 26.3. The highest BCUT2D eigenvalue weighted by Gasteiger charge is 2.18. The first-order valence-electron chi connectivity index (χ1n) is 12.4. The van der Waals surface area contributed by atoms with Crippen molar-refractivity contribution < 1.29 is 13.7 Å². The van der Waals surface area contributed by atoms with E-state index in [0.717, 1.165) is 70.2 Å². The molecule has 0 amide bonds. The minimum atomic E-state index is 0.724. The normalized spacial score (nSPS) is 13.7. The van der Waals surface area contributed by atoms with Crippen molar-refractivity contribution in [1.29, 1.82) is 5.26 Å². The SMILES string of the molecule is COc1ccc(CN2CCN(c3ccc(OSc4ccc(-c5ccc(C#N)s5)cc4)cc3)CC2)cc1OC. The van der Waals surface area contributed by atoms with Crippen LogP contribution in [0.4, 0.5) is 5.69 Å². The maximum absolute atomic E-state index is 9.03. The highest BCUT2D eigenvalue weighted by Crippen LogP contribution is 2.32. The molecule has 0 bridgehead atoms. The van der Waals surface area contributed by atoms with Gasteiger partial charge in [-0.3, -0.25) is 4.90 Å². The smallest absolute Gasteiger partial charge is 0.161 e. The van der Waals surface area contributed by atoms with Crippen molar-refractivity contribution in [3.63, 3.8) is 0 Å². The highest BCUT2D eigenvalue weighted by molar-refractivity contribution is 7.95. The van der Waals surface area contributed by atoms with Crippen LogP contribution in [0.15, 0.2) is 83.8 Å². The Labute approximate surface area is 232 Å². The Morgan fingerprint density at radius 1 is 0.842 bits per heavy atom. The van der Waals surface area contributed by atoms with E-state index in [4.69, 9.17) is 18.9 Å². The maximum atomic E-state index is 9.03. The van der Waals surface area contributed by atoms with Gasteiger partial charge in [0.05, 0.1) is 26.3 Å². The molecule has 1 aromatic heterocycles. The zero-order valence-electron chi connectivity index (χ0n) is 21.4. The predicted molar refractivity (Wildman–Crippen MR) is 154 cm³/mol. The molecule has 0 unspecified atom stereocenters. The van der Waals surface area contributed by atoms with Crippen LogP contribution in [0.1, 0.15) is 10.4 Å². The first-order valence-corrected chi connectivity index (χ1v) is 13.9. The Hall–Kier alpha value is -3.64. The Balaban J connectivity index is 1.10. The molecule has 1 aliphatic heterocycles. The van der Waals surface area contributed by atoms with Crippen LogP contribution in [0.3, 0.4) is 0 Å². The van der Waals surface area contributed by atoms with Crippen LogP contribution in [-0.4, -0.2) is 45.3 Å². The van der Waals surface area contributed by atoms with Crippen molar-refractivity contribution in [3.8, 4) is 33.8 Å². The summed E-state index contributed by atoms with van der Waals surface area (Å²) in [5.74, 6) is 2.36. The molecule has 0 radical (unpaired) electrons. The Morgan fingerprint density at radius 2 is 1.58 bits per heavy atom. The number of rotatable bonds is 9. The first kappa shape index (κ1) is 26.0. The van der Waals surface area contributed by atoms with Crippen LogP contribution >= 0.6 is 23.4 Å². The van der Waals surface area contributed by atoms with Crippen LogP contribution in [0.5, 0.6) is 17.2 Å². The molecule has 4 aromatic rings. The third-order valence-corrected chi connectivity index (χ3v) is 8.30. The van der Waals surface area contributed by atoms with Crippen molar-refractivity contribution in [2.24, 2.45) is 0 Å². The molecule has 8 heteroatoms. The number of anilines is 1. The van der Waals surface area contributed by atoms with E-state index in [0.29, 0.717) is 0 Å². The first-order chi connectivity index (χ1) is 18.6.